The van der Waals surface area contributed by atoms with Gasteiger partial charge in [0.25, 0.3) is 0 Å². The summed E-state index contributed by atoms with van der Waals surface area (Å²) in [6.07, 6.45) is 0.772. The largest absolute Gasteiger partial charge is 0.289 e. The van der Waals surface area contributed by atoms with Gasteiger partial charge >= 0.3 is 0 Å². The minimum absolute atomic E-state index is 0.0688. The molecular formula is C13H16O. The van der Waals surface area contributed by atoms with Gasteiger partial charge in [0.2, 0.25) is 0 Å². The molecule has 1 rings (SSSR count). The molecule has 0 N–H and O–H groups in total. The Morgan fingerprint density at radius 2 is 1.86 bits per heavy atom. The van der Waals surface area contributed by atoms with Crippen molar-refractivity contribution in [2.75, 3.05) is 0 Å². The Bertz CT molecular complexity index is 322. The summed E-state index contributed by atoms with van der Waals surface area (Å²) in [5.74, 6) is 0.550. The molecule has 0 aliphatic carbocycles. The monoisotopic (exact) mass is 188 g/mol. The lowest BCUT2D eigenvalue weighted by atomic mass is 9.97. The summed E-state index contributed by atoms with van der Waals surface area (Å²) in [4.78, 5) is 11.8. The van der Waals surface area contributed by atoms with Gasteiger partial charge in [-0.25, -0.2) is 0 Å². The fraction of sp³-hybridized carbons (Fsp3) is 0.308. The number of rotatable bonds is 4. The molecule has 0 heterocycles. The normalized spacial score (nSPS) is 10.2. The maximum Gasteiger partial charge on any atom is 0.188 e. The third kappa shape index (κ3) is 2.84. The van der Waals surface area contributed by atoms with Crippen molar-refractivity contribution in [2.24, 2.45) is 5.92 Å². The second-order valence-corrected chi connectivity index (χ2v) is 3.90. The first-order valence-corrected chi connectivity index (χ1v) is 4.88. The molecule has 0 aliphatic heterocycles. The molecule has 1 aromatic rings. The van der Waals surface area contributed by atoms with Crippen molar-refractivity contribution in [2.45, 2.75) is 20.3 Å². The van der Waals surface area contributed by atoms with E-state index < -0.39 is 0 Å². The zero-order chi connectivity index (χ0) is 10.6. The van der Waals surface area contributed by atoms with E-state index in [0.717, 1.165) is 12.0 Å². The van der Waals surface area contributed by atoms with Gasteiger partial charge in [0, 0.05) is 5.56 Å². The summed E-state index contributed by atoms with van der Waals surface area (Å²) in [6, 6.07) is 9.30. The molecule has 0 bridgehead atoms. The highest BCUT2D eigenvalue weighted by Crippen LogP contribution is 2.14. The van der Waals surface area contributed by atoms with Crippen molar-refractivity contribution < 1.29 is 4.79 Å². The lowest BCUT2D eigenvalue weighted by molar-refractivity contribution is 0.102. The minimum Gasteiger partial charge on any atom is -0.289 e. The molecule has 1 heteroatoms. The molecule has 0 saturated carbocycles. The lowest BCUT2D eigenvalue weighted by Gasteiger charge is -2.07. The predicted molar refractivity (Wildman–Crippen MR) is 59.4 cm³/mol. The topological polar surface area (TPSA) is 17.1 Å². The number of Topliss-reactive ketones (excluding diaryl/α,β-unsaturated/α-hetero) is 1. The van der Waals surface area contributed by atoms with E-state index in [1.165, 1.54) is 0 Å². The van der Waals surface area contributed by atoms with Gasteiger partial charge in [-0.3, -0.25) is 4.79 Å². The Morgan fingerprint density at radius 1 is 1.29 bits per heavy atom. The van der Waals surface area contributed by atoms with Crippen LogP contribution in [-0.4, -0.2) is 5.78 Å². The third-order valence-electron chi connectivity index (χ3n) is 2.01. The molecule has 0 saturated heterocycles. The number of hydrogen-bond donors (Lipinski definition) is 0. The Balaban J connectivity index is 2.72. The van der Waals surface area contributed by atoms with E-state index in [4.69, 9.17) is 0 Å². The van der Waals surface area contributed by atoms with Crippen LogP contribution in [0.4, 0.5) is 0 Å². The van der Waals surface area contributed by atoms with Crippen molar-refractivity contribution in [1.29, 1.82) is 0 Å². The van der Waals surface area contributed by atoms with Gasteiger partial charge < -0.3 is 0 Å². The number of hydrogen-bond acceptors (Lipinski definition) is 1. The number of allylic oxidation sites excluding steroid dienone is 1. The maximum absolute atomic E-state index is 11.8. The summed E-state index contributed by atoms with van der Waals surface area (Å²) in [7, 11) is 0. The Kier molecular flexibility index (Phi) is 3.63. The van der Waals surface area contributed by atoms with Crippen LogP contribution in [0.25, 0.3) is 0 Å². The van der Waals surface area contributed by atoms with E-state index in [1.54, 1.807) is 0 Å². The van der Waals surface area contributed by atoms with Crippen LogP contribution in [0.15, 0.2) is 42.5 Å². The van der Waals surface area contributed by atoms with E-state index in [1.807, 2.05) is 30.3 Å². The molecular weight excluding hydrogens is 172 g/mol. The van der Waals surface area contributed by atoms with Crippen molar-refractivity contribution in [3.8, 4) is 0 Å². The first-order valence-electron chi connectivity index (χ1n) is 4.88. The van der Waals surface area contributed by atoms with Crippen LogP contribution in [0, 0.1) is 5.92 Å². The van der Waals surface area contributed by atoms with Crippen molar-refractivity contribution in [3.05, 3.63) is 48.0 Å². The van der Waals surface area contributed by atoms with E-state index in [-0.39, 0.29) is 5.78 Å². The number of benzene rings is 1. The van der Waals surface area contributed by atoms with Crippen LogP contribution in [0.5, 0.6) is 0 Å². The molecule has 14 heavy (non-hydrogen) atoms. The highest BCUT2D eigenvalue weighted by Gasteiger charge is 2.10. The second kappa shape index (κ2) is 4.75. The number of carbonyl (C=O) groups is 1. The van der Waals surface area contributed by atoms with Gasteiger partial charge in [-0.15, -0.1) is 0 Å². The molecule has 74 valence electrons. The van der Waals surface area contributed by atoms with Crippen LogP contribution < -0.4 is 0 Å². The smallest absolute Gasteiger partial charge is 0.188 e. The summed E-state index contributed by atoms with van der Waals surface area (Å²) in [5.41, 5.74) is 1.43. The summed E-state index contributed by atoms with van der Waals surface area (Å²) in [5, 5.41) is 0. The van der Waals surface area contributed by atoms with Gasteiger partial charge in [0.15, 0.2) is 5.78 Å². The molecule has 0 fully saturated rings. The molecule has 0 unspecified atom stereocenters. The van der Waals surface area contributed by atoms with E-state index in [9.17, 15) is 4.79 Å². The average molecular weight is 188 g/mol. The van der Waals surface area contributed by atoms with E-state index in [2.05, 4.69) is 20.4 Å². The quantitative estimate of drug-likeness (QED) is 0.522. The molecule has 1 aromatic carbocycles. The van der Waals surface area contributed by atoms with Crippen molar-refractivity contribution in [3.63, 3.8) is 0 Å². The Hall–Kier alpha value is -1.37. The fourth-order valence-electron chi connectivity index (χ4n) is 1.38. The Morgan fingerprint density at radius 3 is 2.36 bits per heavy atom. The number of ketones is 1. The SMILES string of the molecule is C=C(CC(C)C)C(=O)c1ccccc1. The summed E-state index contributed by atoms with van der Waals surface area (Å²) in [6.45, 7) is 8.00. The van der Waals surface area contributed by atoms with E-state index in [0.29, 0.717) is 11.5 Å². The first-order chi connectivity index (χ1) is 6.61. The lowest BCUT2D eigenvalue weighted by Crippen LogP contribution is -2.04. The van der Waals surface area contributed by atoms with Crippen LogP contribution in [0.1, 0.15) is 30.6 Å². The molecule has 1 nitrogen and oxygen atoms in total. The van der Waals surface area contributed by atoms with Gasteiger partial charge in [0.1, 0.15) is 0 Å². The summed E-state index contributed by atoms with van der Waals surface area (Å²) >= 11 is 0. The van der Waals surface area contributed by atoms with Gasteiger partial charge in [-0.1, -0.05) is 50.8 Å². The molecule has 0 amide bonds. The van der Waals surface area contributed by atoms with Gasteiger partial charge in [0.05, 0.1) is 0 Å². The van der Waals surface area contributed by atoms with Gasteiger partial charge in [-0.2, -0.15) is 0 Å². The van der Waals surface area contributed by atoms with Crippen molar-refractivity contribution >= 4 is 5.78 Å². The molecule has 0 atom stereocenters. The first kappa shape index (κ1) is 10.7. The average Bonchev–Trinajstić information content (AvgIpc) is 2.17. The van der Waals surface area contributed by atoms with Gasteiger partial charge in [-0.05, 0) is 17.9 Å². The number of carbonyl (C=O) groups excluding carboxylic acids is 1. The fourth-order valence-corrected chi connectivity index (χ4v) is 1.38. The molecule has 0 aromatic heterocycles. The highest BCUT2D eigenvalue weighted by atomic mass is 16.1. The summed E-state index contributed by atoms with van der Waals surface area (Å²) < 4.78 is 0. The predicted octanol–water partition coefficient (Wildman–Crippen LogP) is 3.47. The van der Waals surface area contributed by atoms with Crippen LogP contribution in [-0.2, 0) is 0 Å². The third-order valence-corrected chi connectivity index (χ3v) is 2.01. The standard InChI is InChI=1S/C13H16O/c1-10(2)9-11(3)13(14)12-7-5-4-6-8-12/h4-8,10H,3,9H2,1-2H3. The zero-order valence-electron chi connectivity index (χ0n) is 8.79. The maximum atomic E-state index is 11.8. The van der Waals surface area contributed by atoms with E-state index >= 15 is 0 Å². The highest BCUT2D eigenvalue weighted by molar-refractivity contribution is 6.08. The minimum atomic E-state index is 0.0688. The molecule has 0 radical (unpaired) electrons. The van der Waals surface area contributed by atoms with Crippen LogP contribution in [0.3, 0.4) is 0 Å². The Labute approximate surface area is 85.5 Å². The molecule has 0 aliphatic rings. The second-order valence-electron chi connectivity index (χ2n) is 3.90. The zero-order valence-corrected chi connectivity index (χ0v) is 8.79. The van der Waals surface area contributed by atoms with Crippen LogP contribution in [0.2, 0.25) is 0 Å². The van der Waals surface area contributed by atoms with Crippen molar-refractivity contribution in [1.82, 2.24) is 0 Å². The van der Waals surface area contributed by atoms with Crippen LogP contribution >= 0.6 is 0 Å². The molecule has 0 spiro atoms.